The van der Waals surface area contributed by atoms with Crippen LogP contribution in [0.15, 0.2) is 53.0 Å². The predicted molar refractivity (Wildman–Crippen MR) is 81.1 cm³/mol. The first kappa shape index (κ1) is 13.8. The van der Waals surface area contributed by atoms with Crippen LogP contribution in [0.5, 0.6) is 0 Å². The molecule has 0 atom stereocenters. The van der Waals surface area contributed by atoms with Crippen LogP contribution in [0.3, 0.4) is 0 Å². The lowest BCUT2D eigenvalue weighted by Gasteiger charge is -2.04. The largest absolute Gasteiger partial charge is 0.478 e. The highest BCUT2D eigenvalue weighted by Crippen LogP contribution is 2.22. The minimum absolute atomic E-state index is 0.231. The molecule has 2 rings (SSSR count). The van der Waals surface area contributed by atoms with Crippen LogP contribution in [-0.4, -0.2) is 11.1 Å². The lowest BCUT2D eigenvalue weighted by molar-refractivity contribution is -0.130. The van der Waals surface area contributed by atoms with Gasteiger partial charge in [-0.15, -0.1) is 0 Å². The molecular weight excluding hydrogens is 328 g/mol. The van der Waals surface area contributed by atoms with Crippen LogP contribution in [0.1, 0.15) is 11.1 Å². The Bertz CT molecular complexity index is 633. The van der Waals surface area contributed by atoms with Crippen LogP contribution in [0.4, 0.5) is 0 Å². The molecule has 1 N–H and O–H groups in total. The molecule has 0 aliphatic carbocycles. The number of carboxylic acid groups (broad SMARTS) is 1. The summed E-state index contributed by atoms with van der Waals surface area (Å²) in [6.45, 7) is 0. The highest BCUT2D eigenvalue weighted by Gasteiger charge is 2.10. The second-order valence-corrected chi connectivity index (χ2v) is 5.28. The summed E-state index contributed by atoms with van der Waals surface area (Å²) in [5, 5.41) is 9.89. The zero-order valence-electron chi connectivity index (χ0n) is 9.81. The fourth-order valence-electron chi connectivity index (χ4n) is 1.66. The smallest absolute Gasteiger partial charge is 0.336 e. The molecule has 0 saturated heterocycles. The van der Waals surface area contributed by atoms with Gasteiger partial charge < -0.3 is 5.11 Å². The van der Waals surface area contributed by atoms with Crippen molar-refractivity contribution in [3.63, 3.8) is 0 Å². The lowest BCUT2D eigenvalue weighted by atomic mass is 10.0. The van der Waals surface area contributed by atoms with Crippen molar-refractivity contribution >= 4 is 45.1 Å². The van der Waals surface area contributed by atoms with Crippen molar-refractivity contribution in [2.45, 2.75) is 0 Å². The zero-order chi connectivity index (χ0) is 13.8. The van der Waals surface area contributed by atoms with E-state index in [1.165, 1.54) is 0 Å². The molecule has 0 radical (unpaired) electrons. The van der Waals surface area contributed by atoms with Crippen molar-refractivity contribution in [3.05, 3.63) is 69.2 Å². The van der Waals surface area contributed by atoms with Gasteiger partial charge in [-0.25, -0.2) is 4.79 Å². The quantitative estimate of drug-likeness (QED) is 0.649. The van der Waals surface area contributed by atoms with Gasteiger partial charge in [0.1, 0.15) is 0 Å². The molecule has 0 aliphatic rings. The first-order valence-corrected chi connectivity index (χ1v) is 6.70. The number of aliphatic carboxylic acids is 1. The van der Waals surface area contributed by atoms with Crippen molar-refractivity contribution in [1.82, 2.24) is 0 Å². The van der Waals surface area contributed by atoms with Crippen LogP contribution < -0.4 is 0 Å². The van der Waals surface area contributed by atoms with E-state index < -0.39 is 5.97 Å². The summed E-state index contributed by atoms with van der Waals surface area (Å²) in [5.41, 5.74) is 1.64. The molecule has 96 valence electrons. The van der Waals surface area contributed by atoms with Gasteiger partial charge in [0.15, 0.2) is 0 Å². The van der Waals surface area contributed by atoms with Gasteiger partial charge in [-0.3, -0.25) is 0 Å². The summed E-state index contributed by atoms with van der Waals surface area (Å²) in [5.74, 6) is -0.970. The van der Waals surface area contributed by atoms with Gasteiger partial charge in [0.2, 0.25) is 0 Å². The van der Waals surface area contributed by atoms with E-state index in [1.807, 2.05) is 18.2 Å². The summed E-state index contributed by atoms with van der Waals surface area (Å²) >= 11 is 9.22. The molecule has 0 amide bonds. The number of benzene rings is 2. The van der Waals surface area contributed by atoms with Crippen LogP contribution in [-0.2, 0) is 4.79 Å². The third-order valence-corrected chi connectivity index (χ3v) is 3.31. The van der Waals surface area contributed by atoms with Crippen molar-refractivity contribution in [1.29, 1.82) is 0 Å². The molecule has 0 aromatic heterocycles. The van der Waals surface area contributed by atoms with Crippen LogP contribution in [0, 0.1) is 0 Å². The van der Waals surface area contributed by atoms with Crippen molar-refractivity contribution < 1.29 is 9.90 Å². The standard InChI is InChI=1S/C15H10BrClO2/c16-12-6-4-11(5-7-12)14(15(18)19)9-10-2-1-3-13(17)8-10/h1-9H,(H,18,19)/b14-9-. The minimum atomic E-state index is -0.970. The lowest BCUT2D eigenvalue weighted by Crippen LogP contribution is -1.99. The summed E-state index contributed by atoms with van der Waals surface area (Å²) in [6.07, 6.45) is 1.61. The van der Waals surface area contributed by atoms with E-state index in [0.29, 0.717) is 10.6 Å². The molecule has 0 aliphatic heterocycles. The van der Waals surface area contributed by atoms with E-state index in [0.717, 1.165) is 10.0 Å². The average molecular weight is 338 g/mol. The number of carbonyl (C=O) groups is 1. The Balaban J connectivity index is 2.46. The van der Waals surface area contributed by atoms with Crippen LogP contribution in [0.2, 0.25) is 5.02 Å². The topological polar surface area (TPSA) is 37.3 Å². The SMILES string of the molecule is O=C(O)/C(=C\c1cccc(Cl)c1)c1ccc(Br)cc1. The Labute approximate surface area is 124 Å². The molecule has 2 aromatic rings. The fourth-order valence-corrected chi connectivity index (χ4v) is 2.12. The summed E-state index contributed by atoms with van der Waals surface area (Å²) in [4.78, 5) is 11.4. The fraction of sp³-hybridized carbons (Fsp3) is 0. The van der Waals surface area contributed by atoms with Gasteiger partial charge >= 0.3 is 5.97 Å². The Morgan fingerprint density at radius 3 is 2.42 bits per heavy atom. The molecule has 19 heavy (non-hydrogen) atoms. The van der Waals surface area contributed by atoms with E-state index >= 15 is 0 Å². The van der Waals surface area contributed by atoms with Gasteiger partial charge in [0.05, 0.1) is 5.57 Å². The number of halogens is 2. The maximum absolute atomic E-state index is 11.4. The molecule has 0 unspecified atom stereocenters. The molecule has 0 heterocycles. The molecular formula is C15H10BrClO2. The third-order valence-electron chi connectivity index (χ3n) is 2.55. The van der Waals surface area contributed by atoms with E-state index in [9.17, 15) is 9.90 Å². The third kappa shape index (κ3) is 3.69. The molecule has 2 aromatic carbocycles. The number of rotatable bonds is 3. The van der Waals surface area contributed by atoms with Crippen molar-refractivity contribution in [2.75, 3.05) is 0 Å². The number of hydrogen-bond acceptors (Lipinski definition) is 1. The Morgan fingerprint density at radius 2 is 1.84 bits per heavy atom. The normalized spacial score (nSPS) is 11.4. The Kier molecular flexibility index (Phi) is 4.40. The second-order valence-electron chi connectivity index (χ2n) is 3.93. The number of hydrogen-bond donors (Lipinski definition) is 1. The van der Waals surface area contributed by atoms with Gasteiger partial charge in [-0.2, -0.15) is 0 Å². The monoisotopic (exact) mass is 336 g/mol. The Morgan fingerprint density at radius 1 is 1.16 bits per heavy atom. The molecule has 0 bridgehead atoms. The first-order chi connectivity index (χ1) is 9.06. The number of carboxylic acids is 1. The maximum Gasteiger partial charge on any atom is 0.336 e. The van der Waals surface area contributed by atoms with Crippen LogP contribution >= 0.6 is 27.5 Å². The Hall–Kier alpha value is -1.58. The molecule has 0 spiro atoms. The zero-order valence-corrected chi connectivity index (χ0v) is 12.1. The van der Waals surface area contributed by atoms with Gasteiger partial charge in [-0.05, 0) is 41.5 Å². The van der Waals surface area contributed by atoms with Gasteiger partial charge in [0, 0.05) is 9.50 Å². The van der Waals surface area contributed by atoms with Crippen molar-refractivity contribution in [2.24, 2.45) is 0 Å². The molecule has 0 saturated carbocycles. The van der Waals surface area contributed by atoms with Crippen LogP contribution in [0.25, 0.3) is 11.6 Å². The highest BCUT2D eigenvalue weighted by molar-refractivity contribution is 9.10. The van der Waals surface area contributed by atoms with Gasteiger partial charge in [0.25, 0.3) is 0 Å². The molecule has 2 nitrogen and oxygen atoms in total. The minimum Gasteiger partial charge on any atom is -0.478 e. The van der Waals surface area contributed by atoms with Gasteiger partial charge in [-0.1, -0.05) is 51.8 Å². The average Bonchev–Trinajstić information content (AvgIpc) is 2.37. The second kappa shape index (κ2) is 6.04. The highest BCUT2D eigenvalue weighted by atomic mass is 79.9. The maximum atomic E-state index is 11.4. The van der Waals surface area contributed by atoms with E-state index in [4.69, 9.17) is 11.6 Å². The predicted octanol–water partition coefficient (Wildman–Crippen LogP) is 4.73. The molecule has 4 heteroatoms. The molecule has 0 fully saturated rings. The van der Waals surface area contributed by atoms with E-state index in [2.05, 4.69) is 15.9 Å². The summed E-state index contributed by atoms with van der Waals surface area (Å²) < 4.78 is 0.906. The summed E-state index contributed by atoms with van der Waals surface area (Å²) in [6, 6.07) is 14.2. The first-order valence-electron chi connectivity index (χ1n) is 5.53. The van der Waals surface area contributed by atoms with Crippen molar-refractivity contribution in [3.8, 4) is 0 Å². The summed E-state index contributed by atoms with van der Waals surface area (Å²) in [7, 11) is 0. The van der Waals surface area contributed by atoms with E-state index in [1.54, 1.807) is 36.4 Å². The van der Waals surface area contributed by atoms with E-state index in [-0.39, 0.29) is 5.57 Å².